The van der Waals surface area contributed by atoms with Crippen molar-refractivity contribution in [2.24, 2.45) is 0 Å². The molecule has 6 atom stereocenters. The van der Waals surface area contributed by atoms with Crippen LogP contribution in [0.3, 0.4) is 0 Å². The molecule has 22 nitrogen and oxygen atoms in total. The third-order valence-electron chi connectivity index (χ3n) is 9.51. The fraction of sp³-hybridized carbons (Fsp3) is 0.500. The number of carbonyl (C=O) groups is 3. The number of aromatic nitrogens is 4. The Hall–Kier alpha value is -5.34. The number of likely N-dealkylation sites (N-methyl/N-ethyl adjacent to an activating group) is 1. The lowest BCUT2D eigenvalue weighted by Crippen LogP contribution is -2.38. The highest BCUT2D eigenvalue weighted by atomic mass is 31.2. The smallest absolute Gasteiger partial charge is 0.382 e. The fourth-order valence-corrected chi connectivity index (χ4v) is 7.34. The second-order valence-corrected chi connectivity index (χ2v) is 15.7. The zero-order chi connectivity index (χ0) is 44.1. The highest BCUT2D eigenvalue weighted by Gasteiger charge is 2.42. The van der Waals surface area contributed by atoms with Gasteiger partial charge in [-0.05, 0) is 32.5 Å². The van der Waals surface area contributed by atoms with Gasteiger partial charge >= 0.3 is 19.2 Å². The average molecular weight is 873 g/mol. The minimum absolute atomic E-state index is 0.107. The van der Waals surface area contributed by atoms with Gasteiger partial charge in [0.1, 0.15) is 36.5 Å². The Labute approximate surface area is 348 Å². The molecule has 6 N–H and O–H groups in total. The first-order chi connectivity index (χ1) is 29.2. The number of H-pyrrole nitrogens is 2. The summed E-state index contributed by atoms with van der Waals surface area (Å²) in [5.74, 6) is 4.42. The molecular formula is C38H49N8O14P. The molecule has 0 bridgehead atoms. The van der Waals surface area contributed by atoms with Crippen molar-refractivity contribution >= 4 is 25.9 Å². The van der Waals surface area contributed by atoms with Crippen LogP contribution in [0.15, 0.2) is 55.8 Å². The van der Waals surface area contributed by atoms with Gasteiger partial charge in [0, 0.05) is 57.5 Å². The van der Waals surface area contributed by atoms with Crippen LogP contribution in [0, 0.1) is 11.8 Å². The highest BCUT2D eigenvalue weighted by molar-refractivity contribution is 7.47. The summed E-state index contributed by atoms with van der Waals surface area (Å²) < 4.78 is 43.3. The standard InChI is InChI=1S/C38H49N8O14P/c1-44(2)16-15-39-14-12-31(48)41-18-32(49)40-13-4-5-26-19-45(37(52)42-35(26)50)34-17-29(30(59-34)23-56-3)60-61(54,55)57-22-27-10-11-33(58-27)46-20-28(36(51)43-38(46)53)25-8-6-24(21-47)7-9-25/h6-9,19-21,27,29-30,33-34,39H,10-18,22-23H2,1-3H3,(H,40,49)(H,41,48)(H,54,55)(H,42,50,52)(H,43,51,53)/t27-,29-,30+,33+,34+/m0/s1. The lowest BCUT2D eigenvalue weighted by molar-refractivity contribution is -0.125. The highest BCUT2D eigenvalue weighted by Crippen LogP contribution is 2.49. The summed E-state index contributed by atoms with van der Waals surface area (Å²) in [5, 5.41) is 8.15. The van der Waals surface area contributed by atoms with E-state index in [4.69, 9.17) is 23.3 Å². The zero-order valence-electron chi connectivity index (χ0n) is 33.7. The van der Waals surface area contributed by atoms with E-state index >= 15 is 0 Å². The number of ether oxygens (including phenoxy) is 3. The van der Waals surface area contributed by atoms with E-state index in [9.17, 15) is 43.0 Å². The Morgan fingerprint density at radius 2 is 1.69 bits per heavy atom. The van der Waals surface area contributed by atoms with E-state index in [1.807, 2.05) is 19.0 Å². The van der Waals surface area contributed by atoms with Gasteiger partial charge in [-0.15, -0.1) is 0 Å². The number of rotatable bonds is 20. The van der Waals surface area contributed by atoms with Gasteiger partial charge in [-0.2, -0.15) is 0 Å². The van der Waals surface area contributed by atoms with Crippen molar-refractivity contribution < 1.29 is 47.1 Å². The molecule has 2 aliphatic heterocycles. The van der Waals surface area contributed by atoms with Gasteiger partial charge in [-0.1, -0.05) is 36.1 Å². The van der Waals surface area contributed by atoms with Crippen molar-refractivity contribution in [1.29, 1.82) is 0 Å². The Kier molecular flexibility index (Phi) is 16.8. The molecule has 2 aliphatic rings. The molecule has 0 radical (unpaired) electrons. The summed E-state index contributed by atoms with van der Waals surface area (Å²) >= 11 is 0. The Bertz CT molecular complexity index is 2370. The van der Waals surface area contributed by atoms with Gasteiger partial charge in [0.05, 0.1) is 38.0 Å². The Morgan fingerprint density at radius 1 is 0.967 bits per heavy atom. The molecular weight excluding hydrogens is 823 g/mol. The number of benzene rings is 1. The van der Waals surface area contributed by atoms with Gasteiger partial charge in [0.25, 0.3) is 11.1 Å². The predicted molar refractivity (Wildman–Crippen MR) is 217 cm³/mol. The number of aldehydes is 1. The maximum absolute atomic E-state index is 13.2. The van der Waals surface area contributed by atoms with Crippen LogP contribution in [-0.2, 0) is 37.4 Å². The largest absolute Gasteiger partial charge is 0.472 e. The summed E-state index contributed by atoms with van der Waals surface area (Å²) in [7, 11) is 0.453. The zero-order valence-corrected chi connectivity index (χ0v) is 34.6. The van der Waals surface area contributed by atoms with E-state index in [1.165, 1.54) is 30.0 Å². The van der Waals surface area contributed by atoms with Crippen LogP contribution >= 0.6 is 7.82 Å². The van der Waals surface area contributed by atoms with Gasteiger partial charge in [0.2, 0.25) is 11.8 Å². The molecule has 2 fully saturated rings. The Morgan fingerprint density at radius 3 is 2.39 bits per heavy atom. The molecule has 5 rings (SSSR count). The molecule has 3 aromatic rings. The number of nitrogens with zero attached hydrogens (tertiary/aromatic N) is 3. The number of amides is 2. The summed E-state index contributed by atoms with van der Waals surface area (Å²) in [4.78, 5) is 103. The number of hydrogen-bond donors (Lipinski definition) is 6. The Balaban J connectivity index is 1.13. The molecule has 330 valence electrons. The molecule has 2 aromatic heterocycles. The van der Waals surface area contributed by atoms with Gasteiger partial charge in [-0.3, -0.25) is 52.1 Å². The lowest BCUT2D eigenvalue weighted by Gasteiger charge is -2.22. The van der Waals surface area contributed by atoms with Gasteiger partial charge < -0.3 is 40.0 Å². The van der Waals surface area contributed by atoms with Crippen molar-refractivity contribution in [3.63, 3.8) is 0 Å². The van der Waals surface area contributed by atoms with E-state index < -0.39 is 73.6 Å². The van der Waals surface area contributed by atoms with Crippen LogP contribution in [0.5, 0.6) is 0 Å². The van der Waals surface area contributed by atoms with Crippen LogP contribution in [0.2, 0.25) is 0 Å². The van der Waals surface area contributed by atoms with Crippen LogP contribution in [0.1, 0.15) is 54.1 Å². The van der Waals surface area contributed by atoms with Crippen LogP contribution in [-0.4, -0.2) is 132 Å². The SMILES string of the molecule is COC[C@H]1O[C@@H](n2cc(C#CCNC(=O)CNC(=O)CCNCCN(C)C)c(=O)[nH]c2=O)C[C@@H]1OP(=O)(O)OC[C@@H]1CC[C@H](n2cc(-c3ccc(C=O)cc3)c(=O)[nH]c2=O)O1. The summed E-state index contributed by atoms with van der Waals surface area (Å²) in [5.41, 5.74) is -2.10. The number of phosphoric acid groups is 1. The predicted octanol–water partition coefficient (Wildman–Crippen LogP) is -1.19. The molecule has 61 heavy (non-hydrogen) atoms. The van der Waals surface area contributed by atoms with Gasteiger partial charge in [-0.25, -0.2) is 14.2 Å². The van der Waals surface area contributed by atoms with Crippen molar-refractivity contribution in [3.05, 3.63) is 89.5 Å². The number of aromatic amines is 2. The van der Waals surface area contributed by atoms with Crippen molar-refractivity contribution in [1.82, 2.24) is 40.0 Å². The van der Waals surface area contributed by atoms with E-state index in [2.05, 4.69) is 37.8 Å². The maximum atomic E-state index is 13.2. The first kappa shape index (κ1) is 46.7. The van der Waals surface area contributed by atoms with E-state index in [0.717, 1.165) is 23.9 Å². The van der Waals surface area contributed by atoms with Gasteiger partial charge in [0.15, 0.2) is 0 Å². The number of carbonyl (C=O) groups excluding carboxylic acids is 3. The van der Waals surface area contributed by atoms with E-state index in [0.29, 0.717) is 36.8 Å². The van der Waals surface area contributed by atoms with Crippen molar-refractivity contribution in [2.75, 3.05) is 67.1 Å². The van der Waals surface area contributed by atoms with Crippen molar-refractivity contribution in [3.8, 4) is 23.0 Å². The number of phosphoric ester groups is 1. The van der Waals surface area contributed by atoms with Crippen molar-refractivity contribution in [2.45, 2.75) is 56.5 Å². The minimum atomic E-state index is -4.80. The normalized spacial score (nSPS) is 20.8. The third kappa shape index (κ3) is 13.6. The monoisotopic (exact) mass is 872 g/mol. The molecule has 0 saturated carbocycles. The first-order valence-electron chi connectivity index (χ1n) is 19.3. The quantitative estimate of drug-likeness (QED) is 0.0337. The first-order valence-corrected chi connectivity index (χ1v) is 20.8. The van der Waals surface area contributed by atoms with E-state index in [-0.39, 0.29) is 49.6 Å². The van der Waals surface area contributed by atoms with Crippen LogP contribution in [0.25, 0.3) is 11.1 Å². The second kappa shape index (κ2) is 22.0. The average Bonchev–Trinajstić information content (AvgIpc) is 3.85. The minimum Gasteiger partial charge on any atom is -0.382 e. The summed E-state index contributed by atoms with van der Waals surface area (Å²) in [6.45, 7) is 1.06. The number of hydrogen-bond acceptors (Lipinski definition) is 15. The topological polar surface area (TPSA) is 284 Å². The molecule has 2 amide bonds. The molecule has 0 spiro atoms. The second-order valence-electron chi connectivity index (χ2n) is 14.3. The lowest BCUT2D eigenvalue weighted by atomic mass is 10.1. The molecule has 23 heteroatoms. The molecule has 1 aromatic carbocycles. The number of methoxy groups -OCH3 is 1. The molecule has 2 saturated heterocycles. The molecule has 1 unspecified atom stereocenters. The summed E-state index contributed by atoms with van der Waals surface area (Å²) in [6, 6.07) is 6.21. The summed E-state index contributed by atoms with van der Waals surface area (Å²) in [6.07, 6.45) is -0.904. The number of nitrogens with one attached hydrogen (secondary N) is 5. The van der Waals surface area contributed by atoms with Crippen LogP contribution < -0.4 is 38.4 Å². The third-order valence-corrected chi connectivity index (χ3v) is 10.5. The molecule has 0 aliphatic carbocycles. The van der Waals surface area contributed by atoms with E-state index in [1.54, 1.807) is 12.1 Å². The fourth-order valence-electron chi connectivity index (χ4n) is 6.37. The maximum Gasteiger partial charge on any atom is 0.472 e. The van der Waals surface area contributed by atoms with Crippen LogP contribution in [0.4, 0.5) is 0 Å². The molecule has 4 heterocycles.